The van der Waals surface area contributed by atoms with Crippen LogP contribution in [0.15, 0.2) is 18.7 Å². The summed E-state index contributed by atoms with van der Waals surface area (Å²) in [4.78, 5) is 11.9. The first-order chi connectivity index (χ1) is 9.86. The maximum atomic E-state index is 13.0. The molecule has 22 heavy (non-hydrogen) atoms. The third kappa shape index (κ3) is 4.58. The van der Waals surface area contributed by atoms with Crippen molar-refractivity contribution in [2.24, 2.45) is 0 Å². The van der Waals surface area contributed by atoms with Gasteiger partial charge in [0.15, 0.2) is 6.61 Å². The van der Waals surface area contributed by atoms with E-state index in [1.165, 1.54) is 0 Å². The monoisotopic (exact) mass is 558 g/mol. The average molecular weight is 558 g/mol. The number of benzene rings is 1. The summed E-state index contributed by atoms with van der Waals surface area (Å²) in [6.07, 6.45) is 0. The van der Waals surface area contributed by atoms with Crippen LogP contribution in [0.5, 0.6) is 0 Å². The predicted molar refractivity (Wildman–Crippen MR) is 93.4 cm³/mol. The summed E-state index contributed by atoms with van der Waals surface area (Å²) in [5.41, 5.74) is 1.57. The summed E-state index contributed by atoms with van der Waals surface area (Å²) >= 11 is 3.67. The Labute approximate surface area is 153 Å². The molecule has 0 heterocycles. The minimum absolute atomic E-state index is 0.0392. The Balaban J connectivity index is 3.03. The molecule has 0 radical (unpaired) electrons. The van der Waals surface area contributed by atoms with Gasteiger partial charge in [-0.3, -0.25) is 4.55 Å². The summed E-state index contributed by atoms with van der Waals surface area (Å²) < 4.78 is 60.6. The molecule has 1 aromatic rings. The lowest BCUT2D eigenvalue weighted by Crippen LogP contribution is -2.34. The van der Waals surface area contributed by atoms with E-state index < -0.39 is 27.9 Å². The molecule has 0 spiro atoms. The van der Waals surface area contributed by atoms with E-state index >= 15 is 0 Å². The Bertz CT molecular complexity index is 708. The molecule has 0 amide bonds. The molecule has 0 saturated heterocycles. The number of esters is 1. The van der Waals surface area contributed by atoms with E-state index in [0.29, 0.717) is 7.14 Å². The largest absolute Gasteiger partial charge is 0.454 e. The topological polar surface area (TPSA) is 80.7 Å². The number of hydrogen-bond acceptors (Lipinski definition) is 4. The van der Waals surface area contributed by atoms with Crippen LogP contribution in [-0.2, 0) is 14.9 Å². The normalized spacial score (nSPS) is 12.1. The van der Waals surface area contributed by atoms with Crippen LogP contribution in [0.25, 0.3) is 5.57 Å². The van der Waals surface area contributed by atoms with Crippen LogP contribution in [0.1, 0.15) is 22.8 Å². The highest BCUT2D eigenvalue weighted by molar-refractivity contribution is 14.1. The predicted octanol–water partition coefficient (Wildman–Crippen LogP) is 3.57. The molecule has 10 heteroatoms. The number of allylic oxidation sites excluding steroid dienone is 1. The molecule has 0 aliphatic rings. The average Bonchev–Trinajstić information content (AvgIpc) is 2.34. The van der Waals surface area contributed by atoms with Gasteiger partial charge in [0.1, 0.15) is 0 Å². The van der Waals surface area contributed by atoms with E-state index in [1.807, 2.05) is 45.2 Å². The molecule has 0 fully saturated rings. The molecule has 1 aromatic carbocycles. The Kier molecular flexibility index (Phi) is 6.31. The number of ether oxygens (including phenoxy) is 1. The summed E-state index contributed by atoms with van der Waals surface area (Å²) in [5.74, 6) is -1.11. The van der Waals surface area contributed by atoms with Crippen LogP contribution in [0, 0.1) is 7.14 Å². The second-order valence-electron chi connectivity index (χ2n) is 4.28. The molecule has 1 N–H and O–H groups in total. The van der Waals surface area contributed by atoms with E-state index in [2.05, 4.69) is 11.3 Å². The summed E-state index contributed by atoms with van der Waals surface area (Å²) in [7, 11) is -5.64. The zero-order chi connectivity index (χ0) is 17.3. The minimum Gasteiger partial charge on any atom is -0.454 e. The van der Waals surface area contributed by atoms with Crippen molar-refractivity contribution in [1.29, 1.82) is 0 Å². The van der Waals surface area contributed by atoms with Crippen LogP contribution < -0.4 is 0 Å². The van der Waals surface area contributed by atoms with Crippen molar-refractivity contribution >= 4 is 66.8 Å². The van der Waals surface area contributed by atoms with Gasteiger partial charge in [0.25, 0.3) is 0 Å². The van der Waals surface area contributed by atoms with Gasteiger partial charge in [-0.05, 0) is 69.8 Å². The first-order valence-corrected chi connectivity index (χ1v) is 9.13. The highest BCUT2D eigenvalue weighted by Gasteiger charge is 2.45. The van der Waals surface area contributed by atoms with Crippen LogP contribution in [0.3, 0.4) is 0 Å². The van der Waals surface area contributed by atoms with Gasteiger partial charge < -0.3 is 4.74 Å². The smallest absolute Gasteiger partial charge is 0.402 e. The quantitative estimate of drug-likeness (QED) is 0.340. The Morgan fingerprint density at radius 2 is 1.82 bits per heavy atom. The lowest BCUT2D eigenvalue weighted by Gasteiger charge is -2.14. The number of rotatable bonds is 5. The molecule has 0 aromatic heterocycles. The fraction of sp³-hybridized carbons (Fsp3) is 0.250. The lowest BCUT2D eigenvalue weighted by atomic mass is 10.1. The standard InChI is InChI=1S/C12H10F2I2O5S/c1-6(2)7-3-8(15)10(9(16)4-7)11(17)21-5-12(13,14)22(18,19)20/h3-4H,1,5H2,2H3,(H,18,19,20). The molecule has 1 rings (SSSR count). The van der Waals surface area contributed by atoms with Crippen molar-refractivity contribution in [2.75, 3.05) is 6.61 Å². The zero-order valence-corrected chi connectivity index (χ0v) is 16.2. The van der Waals surface area contributed by atoms with E-state index in [9.17, 15) is 22.0 Å². The molecule has 0 bridgehead atoms. The van der Waals surface area contributed by atoms with E-state index in [4.69, 9.17) is 4.55 Å². The minimum atomic E-state index is -5.64. The van der Waals surface area contributed by atoms with Crippen LogP contribution in [-0.4, -0.2) is 30.8 Å². The summed E-state index contributed by atoms with van der Waals surface area (Å²) in [6, 6.07) is 3.26. The molecular weight excluding hydrogens is 548 g/mol. The van der Waals surface area contributed by atoms with Gasteiger partial charge in [0, 0.05) is 7.14 Å². The number of hydrogen-bond donors (Lipinski definition) is 1. The second-order valence-corrected chi connectivity index (χ2v) is 8.16. The van der Waals surface area contributed by atoms with Crippen LogP contribution in [0.2, 0.25) is 0 Å². The van der Waals surface area contributed by atoms with Gasteiger partial charge >= 0.3 is 21.3 Å². The van der Waals surface area contributed by atoms with Crippen LogP contribution >= 0.6 is 45.2 Å². The van der Waals surface area contributed by atoms with Crippen molar-refractivity contribution in [3.8, 4) is 0 Å². The molecule has 0 aliphatic carbocycles. The summed E-state index contributed by atoms with van der Waals surface area (Å²) in [6.45, 7) is 3.77. The highest BCUT2D eigenvalue weighted by atomic mass is 127. The van der Waals surface area contributed by atoms with E-state index in [-0.39, 0.29) is 5.56 Å². The van der Waals surface area contributed by atoms with Gasteiger partial charge in [-0.1, -0.05) is 12.2 Å². The Morgan fingerprint density at radius 1 is 1.36 bits per heavy atom. The Hall–Kier alpha value is -0.340. The first kappa shape index (κ1) is 19.7. The number of carbonyl (C=O) groups excluding carboxylic acids is 1. The fourth-order valence-electron chi connectivity index (χ4n) is 1.31. The third-order valence-electron chi connectivity index (χ3n) is 2.49. The third-order valence-corrected chi connectivity index (χ3v) is 5.06. The molecule has 0 aliphatic heterocycles. The number of carbonyl (C=O) groups is 1. The van der Waals surface area contributed by atoms with Crippen molar-refractivity contribution in [1.82, 2.24) is 0 Å². The lowest BCUT2D eigenvalue weighted by molar-refractivity contribution is -0.00964. The fourth-order valence-corrected chi connectivity index (χ4v) is 3.73. The maximum absolute atomic E-state index is 13.0. The molecule has 122 valence electrons. The van der Waals surface area contributed by atoms with E-state index in [0.717, 1.165) is 11.1 Å². The molecule has 0 unspecified atom stereocenters. The SMILES string of the molecule is C=C(C)c1cc(I)c(C(=O)OCC(F)(F)S(=O)(=O)O)c(I)c1. The van der Waals surface area contributed by atoms with Crippen molar-refractivity contribution < 1.29 is 31.3 Å². The second kappa shape index (κ2) is 7.05. The van der Waals surface area contributed by atoms with Gasteiger partial charge in [0.2, 0.25) is 0 Å². The highest BCUT2D eigenvalue weighted by Crippen LogP contribution is 2.27. The van der Waals surface area contributed by atoms with Gasteiger partial charge in [-0.2, -0.15) is 17.2 Å². The molecule has 0 saturated carbocycles. The van der Waals surface area contributed by atoms with Crippen molar-refractivity contribution in [3.63, 3.8) is 0 Å². The Morgan fingerprint density at radius 3 is 2.18 bits per heavy atom. The van der Waals surface area contributed by atoms with Crippen molar-refractivity contribution in [2.45, 2.75) is 12.2 Å². The first-order valence-electron chi connectivity index (χ1n) is 5.53. The number of alkyl halides is 2. The molecular formula is C12H10F2I2O5S. The number of halogens is 4. The van der Waals surface area contributed by atoms with E-state index in [1.54, 1.807) is 19.1 Å². The van der Waals surface area contributed by atoms with Gasteiger partial charge in [-0.25, -0.2) is 4.79 Å². The zero-order valence-electron chi connectivity index (χ0n) is 11.1. The summed E-state index contributed by atoms with van der Waals surface area (Å²) in [5, 5.41) is -4.56. The van der Waals surface area contributed by atoms with Crippen LogP contribution in [0.4, 0.5) is 8.78 Å². The molecule has 0 atom stereocenters. The van der Waals surface area contributed by atoms with Gasteiger partial charge in [0.05, 0.1) is 5.56 Å². The van der Waals surface area contributed by atoms with Gasteiger partial charge in [-0.15, -0.1) is 0 Å². The maximum Gasteiger partial charge on any atom is 0.402 e. The van der Waals surface area contributed by atoms with Crippen molar-refractivity contribution in [3.05, 3.63) is 37.0 Å². The molecule has 5 nitrogen and oxygen atoms in total.